The van der Waals surface area contributed by atoms with Crippen LogP contribution in [0.2, 0.25) is 0 Å². The maximum atomic E-state index is 11.6. The van der Waals surface area contributed by atoms with Gasteiger partial charge < -0.3 is 24.8 Å². The molecule has 0 saturated carbocycles. The Morgan fingerprint density at radius 3 is 2.75 bits per heavy atom. The van der Waals surface area contributed by atoms with E-state index < -0.39 is 24.3 Å². The molecule has 1 aromatic rings. The standard InChI is InChI=1S/C22H30O6/c1-14(23)17-5-4-6-18(11-16-7-10-20(26)22(12-16)27-3)21(28-15(2)24)13-19(25)9-8-17/h7,10,12,14,17-19,21,23,25-26H,6,8-9,11,13H2,1-3H3. The van der Waals surface area contributed by atoms with Crippen LogP contribution in [0, 0.1) is 23.7 Å². The molecule has 28 heavy (non-hydrogen) atoms. The summed E-state index contributed by atoms with van der Waals surface area (Å²) in [6.45, 7) is 3.07. The number of benzene rings is 1. The van der Waals surface area contributed by atoms with Gasteiger partial charge in [-0.15, -0.1) is 5.92 Å². The molecule has 6 nitrogen and oxygen atoms in total. The van der Waals surface area contributed by atoms with E-state index >= 15 is 0 Å². The summed E-state index contributed by atoms with van der Waals surface area (Å²) in [5.74, 6) is 5.99. The fourth-order valence-electron chi connectivity index (χ4n) is 3.55. The van der Waals surface area contributed by atoms with Crippen LogP contribution < -0.4 is 4.74 Å². The molecule has 0 fully saturated rings. The first-order chi connectivity index (χ1) is 13.3. The summed E-state index contributed by atoms with van der Waals surface area (Å²) in [6.07, 6.45) is 0.760. The van der Waals surface area contributed by atoms with E-state index in [2.05, 4.69) is 11.8 Å². The van der Waals surface area contributed by atoms with Gasteiger partial charge in [0, 0.05) is 31.6 Å². The van der Waals surface area contributed by atoms with Crippen LogP contribution in [-0.4, -0.2) is 46.7 Å². The minimum absolute atomic E-state index is 0.0590. The number of ether oxygens (including phenoxy) is 2. The maximum absolute atomic E-state index is 11.6. The second-order valence-corrected chi connectivity index (χ2v) is 7.46. The largest absolute Gasteiger partial charge is 0.504 e. The molecule has 0 bridgehead atoms. The zero-order chi connectivity index (χ0) is 20.7. The molecule has 0 heterocycles. The van der Waals surface area contributed by atoms with Crippen LogP contribution in [0.4, 0.5) is 0 Å². The topological polar surface area (TPSA) is 96.2 Å². The van der Waals surface area contributed by atoms with Gasteiger partial charge in [-0.05, 0) is 43.9 Å². The van der Waals surface area contributed by atoms with Crippen LogP contribution in [0.25, 0.3) is 0 Å². The number of phenols is 1. The maximum Gasteiger partial charge on any atom is 0.302 e. The number of aliphatic hydroxyl groups is 2. The number of esters is 1. The van der Waals surface area contributed by atoms with Crippen molar-refractivity contribution in [3.63, 3.8) is 0 Å². The third-order valence-electron chi connectivity index (χ3n) is 5.13. The van der Waals surface area contributed by atoms with Gasteiger partial charge in [-0.3, -0.25) is 4.79 Å². The van der Waals surface area contributed by atoms with Crippen molar-refractivity contribution in [2.45, 2.75) is 64.3 Å². The van der Waals surface area contributed by atoms with Crippen molar-refractivity contribution >= 4 is 5.97 Å². The second-order valence-electron chi connectivity index (χ2n) is 7.46. The van der Waals surface area contributed by atoms with Crippen molar-refractivity contribution in [3.05, 3.63) is 23.8 Å². The van der Waals surface area contributed by atoms with E-state index in [0.29, 0.717) is 37.9 Å². The van der Waals surface area contributed by atoms with Crippen molar-refractivity contribution in [3.8, 4) is 23.3 Å². The van der Waals surface area contributed by atoms with Crippen LogP contribution in [0.1, 0.15) is 45.1 Å². The summed E-state index contributed by atoms with van der Waals surface area (Å²) < 4.78 is 10.7. The molecule has 1 aliphatic rings. The zero-order valence-corrected chi connectivity index (χ0v) is 16.7. The molecule has 0 aromatic heterocycles. The third-order valence-corrected chi connectivity index (χ3v) is 5.13. The molecule has 0 saturated heterocycles. The number of hydrogen-bond donors (Lipinski definition) is 3. The fraction of sp³-hybridized carbons (Fsp3) is 0.591. The second kappa shape index (κ2) is 10.4. The van der Waals surface area contributed by atoms with Gasteiger partial charge in [0.25, 0.3) is 0 Å². The van der Waals surface area contributed by atoms with E-state index in [9.17, 15) is 20.1 Å². The average Bonchev–Trinajstić information content (AvgIpc) is 2.63. The van der Waals surface area contributed by atoms with E-state index in [-0.39, 0.29) is 17.6 Å². The van der Waals surface area contributed by atoms with Crippen molar-refractivity contribution in [1.82, 2.24) is 0 Å². The van der Waals surface area contributed by atoms with E-state index in [1.165, 1.54) is 14.0 Å². The van der Waals surface area contributed by atoms with Crippen molar-refractivity contribution in [2.75, 3.05) is 7.11 Å². The van der Waals surface area contributed by atoms with Crippen molar-refractivity contribution in [1.29, 1.82) is 0 Å². The Kier molecular flexibility index (Phi) is 8.16. The highest BCUT2D eigenvalue weighted by molar-refractivity contribution is 5.66. The van der Waals surface area contributed by atoms with Gasteiger partial charge in [-0.1, -0.05) is 12.0 Å². The summed E-state index contributed by atoms with van der Waals surface area (Å²) in [5, 5.41) is 30.2. The van der Waals surface area contributed by atoms with Crippen LogP contribution in [0.5, 0.6) is 11.5 Å². The normalized spacial score (nSPS) is 26.5. The number of carbonyl (C=O) groups is 1. The summed E-state index contributed by atoms with van der Waals surface area (Å²) >= 11 is 0. The highest BCUT2D eigenvalue weighted by Gasteiger charge is 2.28. The summed E-state index contributed by atoms with van der Waals surface area (Å²) in [4.78, 5) is 11.6. The molecule has 1 aliphatic carbocycles. The molecular formula is C22H30O6. The molecular weight excluding hydrogens is 360 g/mol. The summed E-state index contributed by atoms with van der Waals surface area (Å²) in [7, 11) is 1.49. The average molecular weight is 390 g/mol. The molecule has 1 aromatic carbocycles. The highest BCUT2D eigenvalue weighted by Crippen LogP contribution is 2.30. The monoisotopic (exact) mass is 390 g/mol. The van der Waals surface area contributed by atoms with E-state index in [1.807, 2.05) is 0 Å². The summed E-state index contributed by atoms with van der Waals surface area (Å²) in [6, 6.07) is 5.12. The molecule has 2 rings (SSSR count). The Hall–Kier alpha value is -2.23. The lowest BCUT2D eigenvalue weighted by Crippen LogP contribution is -2.32. The molecule has 154 valence electrons. The molecule has 5 unspecified atom stereocenters. The minimum Gasteiger partial charge on any atom is -0.504 e. The Balaban J connectivity index is 2.30. The van der Waals surface area contributed by atoms with E-state index in [1.54, 1.807) is 25.1 Å². The van der Waals surface area contributed by atoms with Crippen LogP contribution in [0.3, 0.4) is 0 Å². The first-order valence-corrected chi connectivity index (χ1v) is 9.67. The van der Waals surface area contributed by atoms with E-state index in [4.69, 9.17) is 9.47 Å². The van der Waals surface area contributed by atoms with Crippen LogP contribution in [0.15, 0.2) is 18.2 Å². The molecule has 3 N–H and O–H groups in total. The van der Waals surface area contributed by atoms with E-state index in [0.717, 1.165) is 5.56 Å². The minimum atomic E-state index is -0.637. The third kappa shape index (κ3) is 6.43. The zero-order valence-electron chi connectivity index (χ0n) is 16.7. The van der Waals surface area contributed by atoms with Gasteiger partial charge in [0.15, 0.2) is 11.5 Å². The van der Waals surface area contributed by atoms with Gasteiger partial charge >= 0.3 is 5.97 Å². The first-order valence-electron chi connectivity index (χ1n) is 9.67. The quantitative estimate of drug-likeness (QED) is 0.528. The molecule has 0 amide bonds. The summed E-state index contributed by atoms with van der Waals surface area (Å²) in [5.41, 5.74) is 0.914. The number of carbonyl (C=O) groups excluding carboxylic acids is 1. The van der Waals surface area contributed by atoms with Gasteiger partial charge in [0.05, 0.1) is 19.3 Å². The number of hydrogen-bond acceptors (Lipinski definition) is 6. The Morgan fingerprint density at radius 2 is 2.11 bits per heavy atom. The predicted molar refractivity (Wildman–Crippen MR) is 105 cm³/mol. The highest BCUT2D eigenvalue weighted by atomic mass is 16.5. The van der Waals surface area contributed by atoms with Gasteiger partial charge in [0.1, 0.15) is 6.10 Å². The number of phenolic OH excluding ortho intramolecular Hbond substituents is 1. The van der Waals surface area contributed by atoms with Gasteiger partial charge in [-0.25, -0.2) is 0 Å². The van der Waals surface area contributed by atoms with Crippen LogP contribution in [-0.2, 0) is 16.0 Å². The SMILES string of the molecule is COc1cc(CC2CC#CC(C(C)O)CCC(O)CC2OC(C)=O)ccc1O. The number of aromatic hydroxyl groups is 1. The van der Waals surface area contributed by atoms with Crippen molar-refractivity contribution < 1.29 is 29.6 Å². The smallest absolute Gasteiger partial charge is 0.302 e. The first kappa shape index (κ1) is 22.1. The number of methoxy groups -OCH3 is 1. The van der Waals surface area contributed by atoms with Gasteiger partial charge in [0.2, 0.25) is 0 Å². The molecule has 0 radical (unpaired) electrons. The molecule has 0 aliphatic heterocycles. The Labute approximate surface area is 166 Å². The molecule has 6 heteroatoms. The Morgan fingerprint density at radius 1 is 1.36 bits per heavy atom. The lowest BCUT2D eigenvalue weighted by Gasteiger charge is -2.29. The fourth-order valence-corrected chi connectivity index (χ4v) is 3.55. The Bertz CT molecular complexity index is 717. The predicted octanol–water partition coefficient (Wildman–Crippen LogP) is 2.43. The van der Waals surface area contributed by atoms with Crippen LogP contribution >= 0.6 is 0 Å². The van der Waals surface area contributed by atoms with Crippen molar-refractivity contribution in [2.24, 2.45) is 11.8 Å². The number of aliphatic hydroxyl groups excluding tert-OH is 2. The molecule has 5 atom stereocenters. The number of rotatable bonds is 5. The molecule has 0 spiro atoms. The lowest BCUT2D eigenvalue weighted by molar-refractivity contribution is -0.150. The van der Waals surface area contributed by atoms with Gasteiger partial charge in [-0.2, -0.15) is 0 Å². The lowest BCUT2D eigenvalue weighted by atomic mass is 9.85.